The molecule has 0 aliphatic carbocycles. The molecule has 0 atom stereocenters. The van der Waals surface area contributed by atoms with Crippen LogP contribution in [0.15, 0.2) is 59.4 Å². The third kappa shape index (κ3) is 6.83. The molecule has 0 saturated carbocycles. The molecule has 1 amide bonds. The molecule has 1 fully saturated rings. The molecule has 1 aromatic carbocycles. The summed E-state index contributed by atoms with van der Waals surface area (Å²) in [6.07, 6.45) is 5.61. The summed E-state index contributed by atoms with van der Waals surface area (Å²) in [6.45, 7) is 16.6. The monoisotopic (exact) mass is 557 g/mol. The van der Waals surface area contributed by atoms with Crippen molar-refractivity contribution in [3.05, 3.63) is 72.1 Å². The first-order chi connectivity index (χ1) is 19.7. The normalized spacial score (nSPS) is 14.4. The van der Waals surface area contributed by atoms with Crippen LogP contribution in [0.1, 0.15) is 49.6 Å². The number of aryl methyl sites for hydroxylation is 1. The molecule has 5 rings (SSSR count). The number of anilines is 2. The second-order valence-corrected chi connectivity index (χ2v) is 11.4. The summed E-state index contributed by atoms with van der Waals surface area (Å²) in [4.78, 5) is 22.2. The van der Waals surface area contributed by atoms with E-state index in [9.17, 15) is 4.79 Å². The number of nitrogens with zero attached hydrogens (tertiary/aromatic N) is 6. The lowest BCUT2D eigenvalue weighted by atomic mass is 9.94. The van der Waals surface area contributed by atoms with E-state index in [1.165, 1.54) is 0 Å². The topological polar surface area (TPSA) is 102 Å². The van der Waals surface area contributed by atoms with E-state index < -0.39 is 0 Å². The molecule has 41 heavy (non-hydrogen) atoms. The van der Waals surface area contributed by atoms with Gasteiger partial charge in [0.2, 0.25) is 0 Å². The first-order valence-electron chi connectivity index (χ1n) is 14.2. The van der Waals surface area contributed by atoms with Gasteiger partial charge in [0.1, 0.15) is 11.5 Å². The van der Waals surface area contributed by atoms with Gasteiger partial charge < -0.3 is 19.4 Å². The number of benzene rings is 1. The lowest BCUT2D eigenvalue weighted by Gasteiger charge is -2.35. The molecule has 0 radical (unpaired) electrons. The van der Waals surface area contributed by atoms with Gasteiger partial charge in [-0.1, -0.05) is 32.1 Å². The summed E-state index contributed by atoms with van der Waals surface area (Å²) in [5.74, 6) is 0.743. The summed E-state index contributed by atoms with van der Waals surface area (Å²) in [5.41, 5.74) is 5.01. The number of piperazine rings is 1. The summed E-state index contributed by atoms with van der Waals surface area (Å²) in [6, 6.07) is 11.4. The predicted octanol–water partition coefficient (Wildman–Crippen LogP) is 4.94. The van der Waals surface area contributed by atoms with Crippen LogP contribution >= 0.6 is 0 Å². The Morgan fingerprint density at radius 3 is 2.61 bits per heavy atom. The summed E-state index contributed by atoms with van der Waals surface area (Å²) >= 11 is 0. The molecular weight excluding hydrogens is 518 g/mol. The number of aromatic nitrogens is 4. The van der Waals surface area contributed by atoms with E-state index in [0.29, 0.717) is 5.69 Å². The van der Waals surface area contributed by atoms with Crippen molar-refractivity contribution < 1.29 is 13.9 Å². The molecule has 0 unspecified atom stereocenters. The van der Waals surface area contributed by atoms with Crippen molar-refractivity contribution in [3.63, 3.8) is 0 Å². The van der Waals surface area contributed by atoms with Crippen LogP contribution in [0.25, 0.3) is 16.9 Å². The first-order valence-corrected chi connectivity index (χ1v) is 14.2. The van der Waals surface area contributed by atoms with Crippen molar-refractivity contribution >= 4 is 17.3 Å². The Labute approximate surface area is 241 Å². The van der Waals surface area contributed by atoms with Gasteiger partial charge in [-0.2, -0.15) is 0 Å². The Hall–Kier alpha value is -4.02. The predicted molar refractivity (Wildman–Crippen MR) is 160 cm³/mol. The maximum absolute atomic E-state index is 12.9. The van der Waals surface area contributed by atoms with Crippen LogP contribution in [0.3, 0.4) is 0 Å². The standard InChI is InChI=1S/C31H39N7O3/c1-6-40-16-15-36-11-13-37(14-12-36)25-17-23(19-32-20-25)26-21-38(35-34-26)27-18-24(8-7-22(27)2)33-30(39)28-9-10-29(41-28)31(3,4)5/h7-10,17-21H,6,11-16H2,1-5H3,(H,33,39). The number of furan rings is 1. The highest BCUT2D eigenvalue weighted by Gasteiger charge is 2.21. The molecule has 1 saturated heterocycles. The van der Waals surface area contributed by atoms with Crippen LogP contribution in [-0.4, -0.2) is 76.7 Å². The van der Waals surface area contributed by atoms with Crippen molar-refractivity contribution in [2.24, 2.45) is 0 Å². The molecule has 3 aromatic heterocycles. The number of carbonyl (C=O) groups excluding carboxylic acids is 1. The molecule has 1 N–H and O–H groups in total. The van der Waals surface area contributed by atoms with Crippen molar-refractivity contribution in [1.29, 1.82) is 0 Å². The molecule has 0 spiro atoms. The van der Waals surface area contributed by atoms with Crippen molar-refractivity contribution in [2.45, 2.75) is 40.0 Å². The third-order valence-corrected chi connectivity index (χ3v) is 7.29. The van der Waals surface area contributed by atoms with E-state index in [2.05, 4.69) is 36.5 Å². The highest BCUT2D eigenvalue weighted by atomic mass is 16.5. The SMILES string of the molecule is CCOCCN1CCN(c2cncc(-c3cn(-c4cc(NC(=O)c5ccc(C(C)(C)C)o5)ccc4C)nn3)c2)CC1. The Kier molecular flexibility index (Phi) is 8.51. The fourth-order valence-electron chi connectivity index (χ4n) is 4.81. The third-order valence-electron chi connectivity index (χ3n) is 7.29. The lowest BCUT2D eigenvalue weighted by Crippen LogP contribution is -2.47. The van der Waals surface area contributed by atoms with Crippen molar-refractivity contribution in [1.82, 2.24) is 24.9 Å². The number of amides is 1. The first kappa shape index (κ1) is 28.5. The number of carbonyl (C=O) groups is 1. The van der Waals surface area contributed by atoms with Crippen LogP contribution < -0.4 is 10.2 Å². The Morgan fingerprint density at radius 1 is 1.07 bits per heavy atom. The number of pyridine rings is 1. The molecule has 4 aromatic rings. The van der Waals surface area contributed by atoms with Crippen LogP contribution in [0.2, 0.25) is 0 Å². The zero-order valence-electron chi connectivity index (χ0n) is 24.6. The number of hydrogen-bond acceptors (Lipinski definition) is 8. The van der Waals surface area contributed by atoms with Gasteiger partial charge in [0.15, 0.2) is 5.76 Å². The van der Waals surface area contributed by atoms with E-state index in [-0.39, 0.29) is 17.1 Å². The van der Waals surface area contributed by atoms with E-state index >= 15 is 0 Å². The molecular formula is C31H39N7O3. The molecule has 10 heteroatoms. The fourth-order valence-corrected chi connectivity index (χ4v) is 4.81. The van der Waals surface area contributed by atoms with E-state index in [0.717, 1.165) is 79.9 Å². The van der Waals surface area contributed by atoms with E-state index in [4.69, 9.17) is 9.15 Å². The smallest absolute Gasteiger partial charge is 0.291 e. The van der Waals surface area contributed by atoms with Gasteiger partial charge in [0.25, 0.3) is 5.91 Å². The number of hydrogen-bond donors (Lipinski definition) is 1. The average molecular weight is 558 g/mol. The lowest BCUT2D eigenvalue weighted by molar-refractivity contribution is 0.0993. The maximum Gasteiger partial charge on any atom is 0.291 e. The minimum Gasteiger partial charge on any atom is -0.455 e. The van der Waals surface area contributed by atoms with Gasteiger partial charge in [0.05, 0.1) is 30.4 Å². The quantitative estimate of drug-likeness (QED) is 0.289. The largest absolute Gasteiger partial charge is 0.455 e. The van der Waals surface area contributed by atoms with Gasteiger partial charge in [-0.25, -0.2) is 4.68 Å². The van der Waals surface area contributed by atoms with E-state index in [1.807, 2.05) is 77.5 Å². The Bertz CT molecular complexity index is 1480. The second kappa shape index (κ2) is 12.2. The zero-order valence-corrected chi connectivity index (χ0v) is 24.6. The fraction of sp³-hybridized carbons (Fsp3) is 0.419. The summed E-state index contributed by atoms with van der Waals surface area (Å²) < 4.78 is 13.0. The van der Waals surface area contributed by atoms with Crippen LogP contribution in [-0.2, 0) is 10.2 Å². The summed E-state index contributed by atoms with van der Waals surface area (Å²) in [5, 5.41) is 11.8. The minimum atomic E-state index is -0.299. The highest BCUT2D eigenvalue weighted by molar-refractivity contribution is 6.02. The van der Waals surface area contributed by atoms with Gasteiger partial charge in [-0.05, 0) is 49.7 Å². The molecule has 1 aliphatic heterocycles. The Morgan fingerprint density at radius 2 is 1.88 bits per heavy atom. The number of rotatable bonds is 9. The molecule has 0 bridgehead atoms. The molecule has 4 heterocycles. The molecule has 10 nitrogen and oxygen atoms in total. The number of nitrogens with one attached hydrogen (secondary N) is 1. The highest BCUT2D eigenvalue weighted by Crippen LogP contribution is 2.27. The van der Waals surface area contributed by atoms with Crippen LogP contribution in [0.5, 0.6) is 0 Å². The van der Waals surface area contributed by atoms with Crippen molar-refractivity contribution in [3.8, 4) is 16.9 Å². The Balaban J connectivity index is 1.27. The second-order valence-electron chi connectivity index (χ2n) is 11.4. The van der Waals surface area contributed by atoms with E-state index in [1.54, 1.807) is 10.7 Å². The molecule has 216 valence electrons. The van der Waals surface area contributed by atoms with Crippen molar-refractivity contribution in [2.75, 3.05) is 56.2 Å². The average Bonchev–Trinajstić information content (AvgIpc) is 3.66. The van der Waals surface area contributed by atoms with Gasteiger partial charge in [-0.15, -0.1) is 5.10 Å². The number of ether oxygens (including phenoxy) is 1. The van der Waals surface area contributed by atoms with Gasteiger partial charge in [-0.3, -0.25) is 14.7 Å². The zero-order chi connectivity index (χ0) is 29.0. The maximum atomic E-state index is 12.9. The van der Waals surface area contributed by atoms with Crippen LogP contribution in [0, 0.1) is 6.92 Å². The van der Waals surface area contributed by atoms with Gasteiger partial charge in [0, 0.05) is 62.2 Å². The van der Waals surface area contributed by atoms with Crippen LogP contribution in [0.4, 0.5) is 11.4 Å². The summed E-state index contributed by atoms with van der Waals surface area (Å²) in [7, 11) is 0. The van der Waals surface area contributed by atoms with Gasteiger partial charge >= 0.3 is 0 Å². The molecule has 1 aliphatic rings. The minimum absolute atomic E-state index is 0.173.